The van der Waals surface area contributed by atoms with Crippen molar-refractivity contribution in [3.05, 3.63) is 34.7 Å². The molecule has 0 spiro atoms. The Kier molecular flexibility index (Phi) is 3.17. The van der Waals surface area contributed by atoms with Gasteiger partial charge in [0.05, 0.1) is 16.5 Å². The molecule has 1 aromatic carbocycles. The number of hydrogen-bond acceptors (Lipinski definition) is 3. The van der Waals surface area contributed by atoms with Crippen molar-refractivity contribution in [1.82, 2.24) is 0 Å². The molecule has 14 heavy (non-hydrogen) atoms. The topological polar surface area (TPSA) is 70.0 Å². The molecule has 1 rings (SSSR count). The number of aromatic carboxylic acids is 1. The summed E-state index contributed by atoms with van der Waals surface area (Å²) in [5.74, 6) is -1.02. The summed E-state index contributed by atoms with van der Waals surface area (Å²) in [5.41, 5.74) is 0.631. The Balaban J connectivity index is 3.03. The number of carboxylic acids is 1. The zero-order chi connectivity index (χ0) is 10.6. The van der Waals surface area contributed by atoms with E-state index in [-0.39, 0.29) is 5.56 Å². The fraction of sp³-hybridized carbons (Fsp3) is 0.222. The predicted octanol–water partition coefficient (Wildman–Crippen LogP) is 1.89. The smallest absolute Gasteiger partial charge is 0.335 e. The van der Waals surface area contributed by atoms with Gasteiger partial charge in [0.1, 0.15) is 0 Å². The summed E-state index contributed by atoms with van der Waals surface area (Å²) >= 11 is 0. The van der Waals surface area contributed by atoms with Gasteiger partial charge in [0.15, 0.2) is 0 Å². The summed E-state index contributed by atoms with van der Waals surface area (Å²) in [6.45, 7) is 2.17. The lowest BCUT2D eigenvalue weighted by molar-refractivity contribution is 0.0697. The van der Waals surface area contributed by atoms with Crippen LogP contribution in [0.4, 0.5) is 5.69 Å². The second kappa shape index (κ2) is 4.36. The van der Waals surface area contributed by atoms with E-state index < -0.39 is 5.97 Å². The molecule has 0 saturated heterocycles. The van der Waals surface area contributed by atoms with Crippen LogP contribution in [0.5, 0.6) is 0 Å². The van der Waals surface area contributed by atoms with E-state index in [1.807, 2.05) is 0 Å². The number of anilines is 1. The van der Waals surface area contributed by atoms with E-state index in [1.165, 1.54) is 17.1 Å². The third-order valence-corrected chi connectivity index (χ3v) is 1.79. The molecule has 0 fully saturated rings. The van der Waals surface area contributed by atoms with E-state index in [2.05, 4.69) is 5.29 Å². The molecule has 0 unspecified atom stereocenters. The molecule has 0 bridgehead atoms. The third kappa shape index (κ3) is 2.07. The van der Waals surface area contributed by atoms with E-state index in [4.69, 9.17) is 5.11 Å². The molecule has 0 amide bonds. The second-order valence-corrected chi connectivity index (χ2v) is 2.65. The summed E-state index contributed by atoms with van der Waals surface area (Å²) in [6, 6.07) is 6.08. The summed E-state index contributed by atoms with van der Waals surface area (Å²) in [4.78, 5) is 21.0. The highest BCUT2D eigenvalue weighted by Crippen LogP contribution is 2.16. The van der Waals surface area contributed by atoms with Crippen LogP contribution in [0.15, 0.2) is 29.6 Å². The van der Waals surface area contributed by atoms with Crippen LogP contribution in [0, 0.1) is 4.91 Å². The second-order valence-electron chi connectivity index (χ2n) is 2.65. The number of nitrogens with zero attached hydrogens (tertiary/aromatic N) is 2. The number of carboxylic acid groups (broad SMARTS) is 1. The molecule has 5 nitrogen and oxygen atoms in total. The van der Waals surface area contributed by atoms with Gasteiger partial charge in [-0.05, 0) is 25.1 Å². The lowest BCUT2D eigenvalue weighted by Crippen LogP contribution is -2.14. The quantitative estimate of drug-likeness (QED) is 0.587. The van der Waals surface area contributed by atoms with Crippen LogP contribution in [0.2, 0.25) is 0 Å². The SMILES string of the molecule is CCN(N=O)c1cccc(C(=O)O)c1. The molecule has 0 atom stereocenters. The molecule has 0 aliphatic carbocycles. The first-order chi connectivity index (χ1) is 6.69. The van der Waals surface area contributed by atoms with E-state index >= 15 is 0 Å². The van der Waals surface area contributed by atoms with Crippen molar-refractivity contribution in [2.24, 2.45) is 5.29 Å². The molecule has 5 heteroatoms. The largest absolute Gasteiger partial charge is 0.478 e. The Labute approximate surface area is 80.9 Å². The summed E-state index contributed by atoms with van der Waals surface area (Å²) in [6.07, 6.45) is 0. The minimum atomic E-state index is -1.02. The first kappa shape index (κ1) is 10.2. The van der Waals surface area contributed by atoms with Gasteiger partial charge in [-0.2, -0.15) is 0 Å². The van der Waals surface area contributed by atoms with Crippen molar-refractivity contribution in [2.45, 2.75) is 6.92 Å². The maximum atomic E-state index is 10.6. The zero-order valence-electron chi connectivity index (χ0n) is 7.67. The Bertz CT molecular complexity index is 352. The Morgan fingerprint density at radius 1 is 1.57 bits per heavy atom. The molecular weight excluding hydrogens is 184 g/mol. The van der Waals surface area contributed by atoms with Gasteiger partial charge in [0.2, 0.25) is 0 Å². The molecule has 0 heterocycles. The van der Waals surface area contributed by atoms with Gasteiger partial charge in [-0.1, -0.05) is 6.07 Å². The number of rotatable bonds is 4. The molecule has 0 aliphatic heterocycles. The first-order valence-electron chi connectivity index (χ1n) is 4.13. The number of hydrogen-bond donors (Lipinski definition) is 1. The van der Waals surface area contributed by atoms with E-state index in [0.717, 1.165) is 0 Å². The molecule has 0 aliphatic rings. The Morgan fingerprint density at radius 2 is 2.29 bits per heavy atom. The van der Waals surface area contributed by atoms with Crippen LogP contribution in [-0.2, 0) is 0 Å². The van der Waals surface area contributed by atoms with Crippen molar-refractivity contribution in [3.8, 4) is 0 Å². The molecule has 1 N–H and O–H groups in total. The normalized spacial score (nSPS) is 9.50. The van der Waals surface area contributed by atoms with Crippen molar-refractivity contribution in [1.29, 1.82) is 0 Å². The highest BCUT2D eigenvalue weighted by Gasteiger charge is 2.07. The first-order valence-corrected chi connectivity index (χ1v) is 4.13. The van der Waals surface area contributed by atoms with Gasteiger partial charge in [-0.25, -0.2) is 9.80 Å². The number of benzene rings is 1. The van der Waals surface area contributed by atoms with Gasteiger partial charge in [0.25, 0.3) is 0 Å². The summed E-state index contributed by atoms with van der Waals surface area (Å²) < 4.78 is 0. The van der Waals surface area contributed by atoms with Gasteiger partial charge >= 0.3 is 5.97 Å². The fourth-order valence-corrected chi connectivity index (χ4v) is 1.09. The Morgan fingerprint density at radius 3 is 2.79 bits per heavy atom. The molecular formula is C9H10N2O3. The summed E-state index contributed by atoms with van der Waals surface area (Å²) in [5, 5.41) is 12.7. The number of carbonyl (C=O) groups is 1. The van der Waals surface area contributed by atoms with Crippen molar-refractivity contribution >= 4 is 11.7 Å². The van der Waals surface area contributed by atoms with Gasteiger partial charge in [-0.15, -0.1) is 4.91 Å². The fourth-order valence-electron chi connectivity index (χ4n) is 1.09. The van der Waals surface area contributed by atoms with Crippen molar-refractivity contribution in [2.75, 3.05) is 11.6 Å². The minimum Gasteiger partial charge on any atom is -0.478 e. The molecule has 0 radical (unpaired) electrons. The van der Waals surface area contributed by atoms with E-state index in [1.54, 1.807) is 19.1 Å². The lowest BCUT2D eigenvalue weighted by Gasteiger charge is -2.12. The monoisotopic (exact) mass is 194 g/mol. The van der Waals surface area contributed by atoms with Crippen LogP contribution in [0.25, 0.3) is 0 Å². The van der Waals surface area contributed by atoms with Crippen LogP contribution >= 0.6 is 0 Å². The predicted molar refractivity (Wildman–Crippen MR) is 52.2 cm³/mol. The highest BCUT2D eigenvalue weighted by atomic mass is 16.4. The number of nitroso groups, excluding NO2 is 1. The maximum absolute atomic E-state index is 10.6. The van der Waals surface area contributed by atoms with Gasteiger partial charge < -0.3 is 5.11 Å². The highest BCUT2D eigenvalue weighted by molar-refractivity contribution is 5.88. The Hall–Kier alpha value is -1.91. The maximum Gasteiger partial charge on any atom is 0.335 e. The minimum absolute atomic E-state index is 0.143. The summed E-state index contributed by atoms with van der Waals surface area (Å²) in [7, 11) is 0. The zero-order valence-corrected chi connectivity index (χ0v) is 7.67. The van der Waals surface area contributed by atoms with Crippen LogP contribution in [0.1, 0.15) is 17.3 Å². The average Bonchev–Trinajstić information content (AvgIpc) is 2.20. The van der Waals surface area contributed by atoms with Crippen LogP contribution in [0.3, 0.4) is 0 Å². The lowest BCUT2D eigenvalue weighted by atomic mass is 10.2. The van der Waals surface area contributed by atoms with Crippen molar-refractivity contribution in [3.63, 3.8) is 0 Å². The van der Waals surface area contributed by atoms with E-state index in [9.17, 15) is 9.70 Å². The van der Waals surface area contributed by atoms with Crippen molar-refractivity contribution < 1.29 is 9.90 Å². The van der Waals surface area contributed by atoms with Crippen LogP contribution in [-0.4, -0.2) is 17.6 Å². The molecule has 0 aromatic heterocycles. The van der Waals surface area contributed by atoms with Gasteiger partial charge in [0, 0.05) is 6.54 Å². The third-order valence-electron chi connectivity index (χ3n) is 1.79. The molecule has 1 aromatic rings. The molecule has 0 saturated carbocycles. The average molecular weight is 194 g/mol. The standard InChI is InChI=1S/C9H10N2O3/c1-2-11(10-14)8-5-3-4-7(6-8)9(12)13/h3-6H,2H2,1H3,(H,12,13). The van der Waals surface area contributed by atoms with E-state index in [0.29, 0.717) is 12.2 Å². The van der Waals surface area contributed by atoms with Crippen LogP contribution < -0.4 is 5.01 Å². The van der Waals surface area contributed by atoms with Gasteiger partial charge in [-0.3, -0.25) is 0 Å². The molecule has 74 valence electrons.